The number of hydrogen-bond donors (Lipinski definition) is 1. The third kappa shape index (κ3) is 1.56. The maximum atomic E-state index is 13.4. The van der Waals surface area contributed by atoms with Gasteiger partial charge in [0, 0.05) is 28.1 Å². The Morgan fingerprint density at radius 3 is 3.00 bits per heavy atom. The molecular formula is C9H9ClFNS. The normalized spacial score (nSPS) is 21.3. The first-order valence-electron chi connectivity index (χ1n) is 4.00. The van der Waals surface area contributed by atoms with Gasteiger partial charge in [-0.1, -0.05) is 11.6 Å². The molecule has 0 saturated carbocycles. The lowest BCUT2D eigenvalue weighted by Gasteiger charge is -2.23. The number of hydrogen-bond acceptors (Lipinski definition) is 2. The van der Waals surface area contributed by atoms with E-state index < -0.39 is 0 Å². The molecule has 1 nitrogen and oxygen atoms in total. The monoisotopic (exact) mass is 217 g/mol. The molecule has 70 valence electrons. The second kappa shape index (κ2) is 3.48. The van der Waals surface area contributed by atoms with Crippen molar-refractivity contribution in [2.24, 2.45) is 5.73 Å². The van der Waals surface area contributed by atoms with Crippen LogP contribution in [0.2, 0.25) is 5.02 Å². The maximum absolute atomic E-state index is 13.4. The van der Waals surface area contributed by atoms with Crippen molar-refractivity contribution < 1.29 is 4.39 Å². The average Bonchev–Trinajstić information content (AvgIpc) is 2.12. The van der Waals surface area contributed by atoms with Gasteiger partial charge >= 0.3 is 0 Å². The molecule has 0 aromatic heterocycles. The van der Waals surface area contributed by atoms with Gasteiger partial charge < -0.3 is 5.73 Å². The van der Waals surface area contributed by atoms with E-state index in [1.165, 1.54) is 6.07 Å². The fraction of sp³-hybridized carbons (Fsp3) is 0.333. The quantitative estimate of drug-likeness (QED) is 0.723. The van der Waals surface area contributed by atoms with E-state index in [4.69, 9.17) is 17.3 Å². The van der Waals surface area contributed by atoms with Crippen molar-refractivity contribution in [2.45, 2.75) is 11.8 Å². The molecule has 13 heavy (non-hydrogen) atoms. The smallest absolute Gasteiger partial charge is 0.128 e. The Morgan fingerprint density at radius 1 is 1.54 bits per heavy atom. The zero-order valence-electron chi connectivity index (χ0n) is 6.89. The number of halogens is 2. The third-order valence-corrected chi connectivity index (χ3v) is 3.60. The molecule has 4 heteroatoms. The van der Waals surface area contributed by atoms with E-state index in [-0.39, 0.29) is 11.9 Å². The summed E-state index contributed by atoms with van der Waals surface area (Å²) >= 11 is 7.64. The Bertz CT molecular complexity index is 343. The summed E-state index contributed by atoms with van der Waals surface area (Å²) in [6.07, 6.45) is 0. The van der Waals surface area contributed by atoms with Crippen LogP contribution in [0.5, 0.6) is 0 Å². The minimum Gasteiger partial charge on any atom is -0.323 e. The number of nitrogens with two attached hydrogens (primary N) is 1. The molecule has 2 rings (SSSR count). The van der Waals surface area contributed by atoms with Crippen molar-refractivity contribution in [2.75, 3.05) is 5.75 Å². The fourth-order valence-corrected chi connectivity index (χ4v) is 2.89. The predicted molar refractivity (Wildman–Crippen MR) is 54.5 cm³/mol. The van der Waals surface area contributed by atoms with Gasteiger partial charge in [-0.3, -0.25) is 0 Å². The van der Waals surface area contributed by atoms with Crippen LogP contribution >= 0.6 is 23.4 Å². The summed E-state index contributed by atoms with van der Waals surface area (Å²) in [7, 11) is 0. The molecule has 0 aliphatic carbocycles. The van der Waals surface area contributed by atoms with Crippen LogP contribution in [0.4, 0.5) is 4.39 Å². The topological polar surface area (TPSA) is 26.0 Å². The summed E-state index contributed by atoms with van der Waals surface area (Å²) < 4.78 is 13.4. The summed E-state index contributed by atoms with van der Waals surface area (Å²) in [4.78, 5) is 0. The molecular weight excluding hydrogens is 209 g/mol. The molecule has 1 atom stereocenters. The lowest BCUT2D eigenvalue weighted by atomic mass is 10.0. The van der Waals surface area contributed by atoms with Crippen LogP contribution in [0.25, 0.3) is 0 Å². The van der Waals surface area contributed by atoms with Crippen molar-refractivity contribution in [1.82, 2.24) is 0 Å². The van der Waals surface area contributed by atoms with E-state index in [1.54, 1.807) is 17.8 Å². The first kappa shape index (κ1) is 9.31. The Labute approximate surface area is 85.5 Å². The maximum Gasteiger partial charge on any atom is 0.128 e. The molecule has 1 heterocycles. The van der Waals surface area contributed by atoms with Crippen LogP contribution < -0.4 is 5.73 Å². The van der Waals surface area contributed by atoms with Crippen molar-refractivity contribution in [3.05, 3.63) is 34.1 Å². The van der Waals surface area contributed by atoms with Gasteiger partial charge in [0.25, 0.3) is 0 Å². The highest BCUT2D eigenvalue weighted by Crippen LogP contribution is 2.36. The van der Waals surface area contributed by atoms with Gasteiger partial charge in [0.05, 0.1) is 0 Å². The summed E-state index contributed by atoms with van der Waals surface area (Å²) in [5, 5.41) is 0.624. The average molecular weight is 218 g/mol. The van der Waals surface area contributed by atoms with Crippen LogP contribution in [-0.4, -0.2) is 5.75 Å². The summed E-state index contributed by atoms with van der Waals surface area (Å²) in [6, 6.07) is 2.76. The van der Waals surface area contributed by atoms with Crippen molar-refractivity contribution in [3.63, 3.8) is 0 Å². The Balaban J connectivity index is 2.60. The number of fused-ring (bicyclic) bond motifs is 1. The van der Waals surface area contributed by atoms with Gasteiger partial charge in [-0.2, -0.15) is 11.8 Å². The van der Waals surface area contributed by atoms with Crippen LogP contribution in [0.1, 0.15) is 17.2 Å². The number of rotatable bonds is 0. The van der Waals surface area contributed by atoms with Crippen molar-refractivity contribution in [1.29, 1.82) is 0 Å². The number of benzene rings is 1. The molecule has 2 N–H and O–H groups in total. The molecule has 0 fully saturated rings. The SMILES string of the molecule is N[C@@H]1CSCc2c(Cl)ccc(F)c21. The van der Waals surface area contributed by atoms with E-state index in [0.717, 1.165) is 17.1 Å². The van der Waals surface area contributed by atoms with E-state index in [1.807, 2.05) is 0 Å². The Hall–Kier alpha value is -0.250. The molecule has 0 radical (unpaired) electrons. The highest BCUT2D eigenvalue weighted by atomic mass is 35.5. The minimum atomic E-state index is -0.229. The second-order valence-corrected chi connectivity index (χ2v) is 4.48. The molecule has 1 aliphatic heterocycles. The second-order valence-electron chi connectivity index (χ2n) is 3.04. The van der Waals surface area contributed by atoms with E-state index in [0.29, 0.717) is 10.6 Å². The molecule has 1 aromatic rings. The predicted octanol–water partition coefficient (Wildman–Crippen LogP) is 2.73. The molecule has 0 bridgehead atoms. The highest BCUT2D eigenvalue weighted by molar-refractivity contribution is 7.98. The Morgan fingerprint density at radius 2 is 2.31 bits per heavy atom. The minimum absolute atomic E-state index is 0.215. The first-order valence-corrected chi connectivity index (χ1v) is 5.53. The lowest BCUT2D eigenvalue weighted by molar-refractivity contribution is 0.590. The zero-order chi connectivity index (χ0) is 9.42. The largest absolute Gasteiger partial charge is 0.323 e. The molecule has 1 aromatic carbocycles. The third-order valence-electron chi connectivity index (χ3n) is 2.16. The van der Waals surface area contributed by atoms with Gasteiger partial charge in [0.1, 0.15) is 5.82 Å². The van der Waals surface area contributed by atoms with Crippen LogP contribution in [0, 0.1) is 5.82 Å². The van der Waals surface area contributed by atoms with E-state index in [9.17, 15) is 4.39 Å². The van der Waals surface area contributed by atoms with Crippen LogP contribution in [-0.2, 0) is 5.75 Å². The van der Waals surface area contributed by atoms with E-state index >= 15 is 0 Å². The molecule has 0 amide bonds. The van der Waals surface area contributed by atoms with Gasteiger partial charge in [-0.05, 0) is 17.7 Å². The van der Waals surface area contributed by atoms with Crippen LogP contribution in [0.15, 0.2) is 12.1 Å². The van der Waals surface area contributed by atoms with Crippen molar-refractivity contribution >= 4 is 23.4 Å². The van der Waals surface area contributed by atoms with Gasteiger partial charge in [-0.25, -0.2) is 4.39 Å². The van der Waals surface area contributed by atoms with Gasteiger partial charge in [-0.15, -0.1) is 0 Å². The zero-order valence-corrected chi connectivity index (χ0v) is 8.46. The fourth-order valence-electron chi connectivity index (χ4n) is 1.53. The lowest BCUT2D eigenvalue weighted by Crippen LogP contribution is -2.20. The van der Waals surface area contributed by atoms with E-state index in [2.05, 4.69) is 0 Å². The molecule has 0 spiro atoms. The summed E-state index contributed by atoms with van der Waals surface area (Å²) in [5.41, 5.74) is 7.27. The molecule has 0 saturated heterocycles. The van der Waals surface area contributed by atoms with Gasteiger partial charge in [0.15, 0.2) is 0 Å². The molecule has 0 unspecified atom stereocenters. The Kier molecular flexibility index (Phi) is 2.49. The highest BCUT2D eigenvalue weighted by Gasteiger charge is 2.22. The van der Waals surface area contributed by atoms with Gasteiger partial charge in [0.2, 0.25) is 0 Å². The standard InChI is InChI=1S/C9H9ClFNS/c10-6-1-2-7(11)9-5(6)3-13-4-8(9)12/h1-2,8H,3-4,12H2/t8-/m1/s1. The number of thioether (sulfide) groups is 1. The van der Waals surface area contributed by atoms with Crippen LogP contribution in [0.3, 0.4) is 0 Å². The summed E-state index contributed by atoms with van der Waals surface area (Å²) in [5.74, 6) is 1.30. The first-order chi connectivity index (χ1) is 6.20. The summed E-state index contributed by atoms with van der Waals surface area (Å²) in [6.45, 7) is 0. The van der Waals surface area contributed by atoms with Crippen molar-refractivity contribution in [3.8, 4) is 0 Å². The molecule has 1 aliphatic rings.